The van der Waals surface area contributed by atoms with Gasteiger partial charge in [-0.15, -0.1) is 0 Å². The minimum atomic E-state index is -1.21. The van der Waals surface area contributed by atoms with Gasteiger partial charge in [-0.25, -0.2) is 0 Å². The summed E-state index contributed by atoms with van der Waals surface area (Å²) in [6.07, 6.45) is 0. The fraction of sp³-hybridized carbons (Fsp3) is 0. The molecule has 0 spiro atoms. The molecule has 0 aliphatic rings. The van der Waals surface area contributed by atoms with E-state index in [1.54, 1.807) is 0 Å². The third-order valence-corrected chi connectivity index (χ3v) is 5.44. The van der Waals surface area contributed by atoms with Gasteiger partial charge in [0.15, 0.2) is 0 Å². The van der Waals surface area contributed by atoms with Crippen molar-refractivity contribution in [3.05, 3.63) is 163 Å². The molecule has 0 heterocycles. The molecule has 0 saturated heterocycles. The summed E-state index contributed by atoms with van der Waals surface area (Å²) in [5.41, 5.74) is -6.55. The molecule has 0 amide bonds. The van der Waals surface area contributed by atoms with E-state index in [4.69, 9.17) is 27.4 Å². The molecular weight excluding hydrogens is 470 g/mol. The lowest BCUT2D eigenvalue weighted by Gasteiger charge is -2.26. The summed E-state index contributed by atoms with van der Waals surface area (Å²) in [6, 6.07) is -26.9. The number of hydrogen-bond acceptors (Lipinski definition) is 1. The molecule has 0 aliphatic carbocycles. The second-order valence-corrected chi connectivity index (χ2v) is 7.76. The zero-order chi connectivity index (χ0) is 49.5. The molecular formula is C38H27N. The van der Waals surface area contributed by atoms with Gasteiger partial charge in [0.05, 0.1) is 37.0 Å². The molecule has 0 bridgehead atoms. The van der Waals surface area contributed by atoms with Gasteiger partial charge >= 0.3 is 0 Å². The zero-order valence-corrected chi connectivity index (χ0v) is 19.4. The fourth-order valence-electron chi connectivity index (χ4n) is 3.68. The lowest BCUT2D eigenvalue weighted by Crippen LogP contribution is -2.09. The van der Waals surface area contributed by atoms with Crippen LogP contribution in [0.4, 0.5) is 17.1 Å². The smallest absolute Gasteiger partial charge is 0.0651 e. The number of benzene rings is 7. The van der Waals surface area contributed by atoms with E-state index in [1.807, 2.05) is 0 Å². The Bertz CT molecular complexity index is 3150. The summed E-state index contributed by atoms with van der Waals surface area (Å²) in [5, 5.41) is -2.48. The van der Waals surface area contributed by atoms with Crippen LogP contribution in [0.3, 0.4) is 0 Å². The lowest BCUT2D eigenvalue weighted by molar-refractivity contribution is 1.29. The second kappa shape index (κ2) is 9.96. The average Bonchev–Trinajstić information content (AvgIpc) is 3.28. The van der Waals surface area contributed by atoms with Gasteiger partial charge in [0.2, 0.25) is 0 Å². The van der Waals surface area contributed by atoms with Crippen LogP contribution in [0.5, 0.6) is 0 Å². The third kappa shape index (κ3) is 4.45. The summed E-state index contributed by atoms with van der Waals surface area (Å²) < 4.78 is 236. The molecule has 0 saturated carbocycles. The Kier molecular flexibility index (Phi) is 2.09. The Balaban J connectivity index is 1.73. The van der Waals surface area contributed by atoms with Crippen LogP contribution in [-0.2, 0) is 0 Å². The van der Waals surface area contributed by atoms with E-state index in [1.165, 1.54) is 0 Å². The third-order valence-electron chi connectivity index (χ3n) is 5.44. The normalized spacial score (nSPS) is 20.8. The predicted molar refractivity (Wildman–Crippen MR) is 167 cm³/mol. The maximum absolute atomic E-state index is 9.55. The fourth-order valence-corrected chi connectivity index (χ4v) is 3.68. The van der Waals surface area contributed by atoms with Gasteiger partial charge in [-0.1, -0.05) is 127 Å². The van der Waals surface area contributed by atoms with Crippen molar-refractivity contribution in [2.75, 3.05) is 4.90 Å². The molecule has 184 valence electrons. The van der Waals surface area contributed by atoms with Crippen molar-refractivity contribution in [3.8, 4) is 22.3 Å². The van der Waals surface area contributed by atoms with Gasteiger partial charge in [0, 0.05) is 17.1 Å². The topological polar surface area (TPSA) is 3.24 Å². The minimum Gasteiger partial charge on any atom is -0.310 e. The predicted octanol–water partition coefficient (Wildman–Crippen LogP) is 10.8. The van der Waals surface area contributed by atoms with Crippen molar-refractivity contribution >= 4 is 38.6 Å². The van der Waals surface area contributed by atoms with Crippen LogP contribution in [0.15, 0.2) is 163 Å². The van der Waals surface area contributed by atoms with Crippen molar-refractivity contribution in [2.24, 2.45) is 0 Å². The molecule has 0 N–H and O–H groups in total. The molecule has 0 aliphatic heterocycles. The van der Waals surface area contributed by atoms with Gasteiger partial charge in [-0.3, -0.25) is 0 Å². The van der Waals surface area contributed by atoms with E-state index >= 15 is 0 Å². The highest BCUT2D eigenvalue weighted by Crippen LogP contribution is 2.38. The maximum atomic E-state index is 9.55. The molecule has 0 aromatic heterocycles. The van der Waals surface area contributed by atoms with Gasteiger partial charge in [0.1, 0.15) is 0 Å². The van der Waals surface area contributed by atoms with Gasteiger partial charge < -0.3 is 4.90 Å². The van der Waals surface area contributed by atoms with Crippen LogP contribution < -0.4 is 4.90 Å². The number of rotatable bonds is 5. The van der Waals surface area contributed by atoms with E-state index in [0.29, 0.717) is 4.90 Å². The van der Waals surface area contributed by atoms with E-state index in [0.717, 1.165) is 0 Å². The molecule has 0 atom stereocenters. The Labute approximate surface area is 267 Å². The molecule has 0 unspecified atom stereocenters. The Morgan fingerprint density at radius 3 is 1.36 bits per heavy atom. The van der Waals surface area contributed by atoms with Crippen molar-refractivity contribution in [1.82, 2.24) is 0 Å². The monoisotopic (exact) mass is 524 g/mol. The highest BCUT2D eigenvalue weighted by Gasteiger charge is 2.14. The van der Waals surface area contributed by atoms with Gasteiger partial charge in [0.25, 0.3) is 0 Å². The first-order valence-corrected chi connectivity index (χ1v) is 11.2. The van der Waals surface area contributed by atoms with E-state index in [-0.39, 0.29) is 0 Å². The molecule has 0 fully saturated rings. The standard InChI is InChI=1S/C38H27N/c1-3-9-28(10-4-1)30-17-21-34(22-18-30)39(35-23-19-31(20-24-35)29-11-5-2-6-12-29)36-25-26-38-33(27-36)16-15-32-13-7-8-14-37(32)38/h1-27H/i1D,2D,3D,4D,5D,6D,7D,8D,9D,10D,11D,12D,13D,14D,15D,16D,17D,18D,19D,20D,21D,22D,23D,24D,25D,26D,27D. The van der Waals surface area contributed by atoms with Gasteiger partial charge in [-0.2, -0.15) is 0 Å². The molecule has 7 aromatic carbocycles. The van der Waals surface area contributed by atoms with Gasteiger partial charge in [-0.05, 0) is 80.1 Å². The van der Waals surface area contributed by atoms with Crippen LogP contribution in [0, 0.1) is 0 Å². The van der Waals surface area contributed by atoms with E-state index in [9.17, 15) is 9.60 Å². The average molecular weight is 525 g/mol. The van der Waals surface area contributed by atoms with Crippen LogP contribution in [0.2, 0.25) is 0 Å². The molecule has 1 heteroatoms. The number of fused-ring (bicyclic) bond motifs is 3. The van der Waals surface area contributed by atoms with Crippen molar-refractivity contribution < 1.29 is 37.0 Å². The summed E-state index contributed by atoms with van der Waals surface area (Å²) in [6.45, 7) is 0. The quantitative estimate of drug-likeness (QED) is 0.202. The first-order chi connectivity index (χ1) is 30.6. The number of anilines is 3. The first kappa shape index (κ1) is 8.18. The molecule has 7 aromatic rings. The zero-order valence-electron chi connectivity index (χ0n) is 46.4. The lowest BCUT2D eigenvalue weighted by atomic mass is 10.0. The summed E-state index contributed by atoms with van der Waals surface area (Å²) in [7, 11) is 0. The summed E-state index contributed by atoms with van der Waals surface area (Å²) in [5.74, 6) is 0. The van der Waals surface area contributed by atoms with E-state index < -0.39 is 224 Å². The van der Waals surface area contributed by atoms with E-state index in [2.05, 4.69) is 0 Å². The Hall–Kier alpha value is -5.14. The maximum Gasteiger partial charge on any atom is 0.0651 e. The minimum absolute atomic E-state index is 0.356. The highest BCUT2D eigenvalue weighted by atomic mass is 15.1. The first-order valence-electron chi connectivity index (χ1n) is 24.7. The van der Waals surface area contributed by atoms with Crippen LogP contribution in [-0.4, -0.2) is 0 Å². The number of hydrogen-bond donors (Lipinski definition) is 0. The SMILES string of the molecule is [2H]c1c([2H])c([2H])c(-c2c([2H])c([2H])c(N(c3c([2H])c([2H])c(-c4c([2H])c([2H])c([2H])c([2H])c4[2H])c([2H])c3[2H])c3c([2H])c([2H])c4c(c3[2H])c([2H])c([2H])c3c([2H])c([2H])c([2H])c([2H])c34)c([2H])c2[2H])c([2H])c1[2H]. The van der Waals surface area contributed by atoms with Crippen LogP contribution in [0.1, 0.15) is 37.0 Å². The largest absolute Gasteiger partial charge is 0.310 e. The molecule has 7 rings (SSSR count). The Morgan fingerprint density at radius 1 is 0.333 bits per heavy atom. The Morgan fingerprint density at radius 2 is 0.769 bits per heavy atom. The van der Waals surface area contributed by atoms with Crippen molar-refractivity contribution in [3.63, 3.8) is 0 Å². The molecule has 39 heavy (non-hydrogen) atoms. The molecule has 0 radical (unpaired) electrons. The summed E-state index contributed by atoms with van der Waals surface area (Å²) >= 11 is 0. The number of nitrogens with zero attached hydrogens (tertiary/aromatic N) is 1. The van der Waals surface area contributed by atoms with Crippen molar-refractivity contribution in [2.45, 2.75) is 0 Å². The molecule has 1 nitrogen and oxygen atoms in total. The highest BCUT2D eigenvalue weighted by molar-refractivity contribution is 6.08. The second-order valence-electron chi connectivity index (χ2n) is 7.76. The van der Waals surface area contributed by atoms with Crippen LogP contribution >= 0.6 is 0 Å². The van der Waals surface area contributed by atoms with Crippen molar-refractivity contribution in [1.29, 1.82) is 0 Å². The summed E-state index contributed by atoms with van der Waals surface area (Å²) in [4.78, 5) is 0.356. The van der Waals surface area contributed by atoms with Crippen LogP contribution in [0.25, 0.3) is 43.8 Å².